The van der Waals surface area contributed by atoms with E-state index >= 15 is 0 Å². The summed E-state index contributed by atoms with van der Waals surface area (Å²) < 4.78 is 3.55. The molecule has 0 aliphatic rings. The smallest absolute Gasteiger partial charge is 0.257 e. The van der Waals surface area contributed by atoms with E-state index < -0.39 is 0 Å². The van der Waals surface area contributed by atoms with E-state index in [0.717, 1.165) is 27.7 Å². The van der Waals surface area contributed by atoms with Gasteiger partial charge < -0.3 is 9.88 Å². The Kier molecular flexibility index (Phi) is 3.76. The largest absolute Gasteiger partial charge is 0.350 e. The molecule has 0 radical (unpaired) electrons. The third kappa shape index (κ3) is 2.54. The molecule has 1 amide bonds. The van der Waals surface area contributed by atoms with Crippen LogP contribution in [0.3, 0.4) is 0 Å². The van der Waals surface area contributed by atoms with Crippen molar-refractivity contribution in [3.63, 3.8) is 0 Å². The molecule has 0 spiro atoms. The van der Waals surface area contributed by atoms with Crippen molar-refractivity contribution >= 4 is 22.5 Å². The average molecular weight is 346 g/mol. The van der Waals surface area contributed by atoms with Crippen LogP contribution < -0.4 is 5.32 Å². The Hall–Kier alpha value is -3.48. The first-order chi connectivity index (χ1) is 12.6. The number of amides is 1. The number of benzene rings is 2. The molecule has 0 aliphatic carbocycles. The van der Waals surface area contributed by atoms with Crippen LogP contribution in [0.25, 0.3) is 16.6 Å². The van der Waals surface area contributed by atoms with Gasteiger partial charge in [0.2, 0.25) is 0 Å². The molecule has 0 saturated carbocycles. The van der Waals surface area contributed by atoms with Gasteiger partial charge in [0.05, 0.1) is 16.9 Å². The third-order valence-corrected chi connectivity index (χ3v) is 4.70. The summed E-state index contributed by atoms with van der Waals surface area (Å²) in [7, 11) is 1.98. The zero-order valence-electron chi connectivity index (χ0n) is 14.8. The highest BCUT2D eigenvalue weighted by molar-refractivity contribution is 6.10. The molecule has 1 N–H and O–H groups in total. The number of aromatic nitrogens is 5. The highest BCUT2D eigenvalue weighted by Crippen LogP contribution is 2.26. The molecule has 0 fully saturated rings. The molecule has 4 aromatic rings. The van der Waals surface area contributed by atoms with E-state index in [9.17, 15) is 4.79 Å². The second-order valence-electron chi connectivity index (χ2n) is 6.28. The van der Waals surface area contributed by atoms with Crippen LogP contribution in [-0.4, -0.2) is 30.7 Å². The lowest BCUT2D eigenvalue weighted by molar-refractivity contribution is 0.102. The van der Waals surface area contributed by atoms with Gasteiger partial charge in [-0.2, -0.15) is 4.68 Å². The van der Waals surface area contributed by atoms with Crippen molar-refractivity contribution < 1.29 is 4.79 Å². The van der Waals surface area contributed by atoms with Gasteiger partial charge in [0.25, 0.3) is 5.91 Å². The van der Waals surface area contributed by atoms with Crippen LogP contribution in [0, 0.1) is 13.8 Å². The number of anilines is 1. The number of nitrogens with one attached hydrogen (secondary N) is 1. The number of tetrazole rings is 1. The summed E-state index contributed by atoms with van der Waals surface area (Å²) in [6.07, 6.45) is 3.47. The third-order valence-electron chi connectivity index (χ3n) is 4.70. The van der Waals surface area contributed by atoms with Gasteiger partial charge in [0.1, 0.15) is 6.33 Å². The fourth-order valence-corrected chi connectivity index (χ4v) is 3.14. The number of carbonyl (C=O) groups is 1. The van der Waals surface area contributed by atoms with Crippen molar-refractivity contribution in [1.29, 1.82) is 0 Å². The topological polar surface area (TPSA) is 77.6 Å². The number of aryl methyl sites for hydroxylation is 2. The van der Waals surface area contributed by atoms with Crippen molar-refractivity contribution in [2.24, 2.45) is 7.05 Å². The maximum atomic E-state index is 13.0. The Morgan fingerprint density at radius 2 is 1.96 bits per heavy atom. The van der Waals surface area contributed by atoms with E-state index in [-0.39, 0.29) is 5.91 Å². The van der Waals surface area contributed by atoms with Gasteiger partial charge in [0, 0.05) is 24.1 Å². The van der Waals surface area contributed by atoms with Gasteiger partial charge in [-0.25, -0.2) is 0 Å². The predicted octanol–water partition coefficient (Wildman–Crippen LogP) is 3.02. The van der Waals surface area contributed by atoms with Crippen molar-refractivity contribution in [2.75, 3.05) is 5.32 Å². The monoisotopic (exact) mass is 346 g/mol. The molecular weight excluding hydrogens is 328 g/mol. The summed E-state index contributed by atoms with van der Waals surface area (Å²) in [6, 6.07) is 11.6. The van der Waals surface area contributed by atoms with Crippen molar-refractivity contribution in [2.45, 2.75) is 13.8 Å². The second-order valence-corrected chi connectivity index (χ2v) is 6.28. The van der Waals surface area contributed by atoms with Crippen LogP contribution in [0.4, 0.5) is 5.69 Å². The Balaban J connectivity index is 1.78. The summed E-state index contributed by atoms with van der Waals surface area (Å²) in [5.74, 6) is -0.199. The normalized spacial score (nSPS) is 11.0. The van der Waals surface area contributed by atoms with Gasteiger partial charge >= 0.3 is 0 Å². The molecule has 7 heteroatoms. The van der Waals surface area contributed by atoms with Crippen LogP contribution in [0.2, 0.25) is 0 Å². The van der Waals surface area contributed by atoms with Crippen LogP contribution >= 0.6 is 0 Å². The fraction of sp³-hybridized carbons (Fsp3) is 0.158. The van der Waals surface area contributed by atoms with E-state index in [0.29, 0.717) is 11.3 Å². The number of carbonyl (C=O) groups excluding carboxylic acids is 1. The van der Waals surface area contributed by atoms with Gasteiger partial charge in [0.15, 0.2) is 0 Å². The van der Waals surface area contributed by atoms with E-state index in [1.807, 2.05) is 62.0 Å². The predicted molar refractivity (Wildman–Crippen MR) is 99.5 cm³/mol. The lowest BCUT2D eigenvalue weighted by Crippen LogP contribution is -2.17. The summed E-state index contributed by atoms with van der Waals surface area (Å²) >= 11 is 0. The Labute approximate surface area is 150 Å². The van der Waals surface area contributed by atoms with E-state index in [2.05, 4.69) is 20.8 Å². The zero-order chi connectivity index (χ0) is 18.3. The SMILES string of the molecule is Cc1ccc(C(=O)Nc2cccc3c2ccn3C)c(-n2cnnn2)c1C. The number of hydrogen-bond donors (Lipinski definition) is 1. The summed E-state index contributed by atoms with van der Waals surface area (Å²) in [5.41, 5.74) is 5.07. The Morgan fingerprint density at radius 1 is 1.12 bits per heavy atom. The zero-order valence-corrected chi connectivity index (χ0v) is 14.8. The summed E-state index contributed by atoms with van der Waals surface area (Å²) in [5, 5.41) is 15.4. The minimum absolute atomic E-state index is 0.199. The van der Waals surface area contributed by atoms with Crippen molar-refractivity contribution in [3.8, 4) is 5.69 Å². The molecule has 2 heterocycles. The molecule has 0 saturated heterocycles. The van der Waals surface area contributed by atoms with Crippen LogP contribution in [-0.2, 0) is 7.05 Å². The van der Waals surface area contributed by atoms with E-state index in [1.165, 1.54) is 11.0 Å². The Morgan fingerprint density at radius 3 is 2.73 bits per heavy atom. The molecule has 4 rings (SSSR count). The number of hydrogen-bond acceptors (Lipinski definition) is 4. The number of rotatable bonds is 3. The lowest BCUT2D eigenvalue weighted by atomic mass is 10.0. The van der Waals surface area contributed by atoms with Crippen molar-refractivity contribution in [1.82, 2.24) is 24.8 Å². The highest BCUT2D eigenvalue weighted by atomic mass is 16.1. The number of fused-ring (bicyclic) bond motifs is 1. The van der Waals surface area contributed by atoms with Gasteiger partial charge in [-0.15, -0.1) is 5.10 Å². The van der Waals surface area contributed by atoms with Gasteiger partial charge in [-0.05, 0) is 59.7 Å². The van der Waals surface area contributed by atoms with Crippen molar-refractivity contribution in [3.05, 3.63) is 65.6 Å². The summed E-state index contributed by atoms with van der Waals surface area (Å²) in [6.45, 7) is 3.95. The maximum absolute atomic E-state index is 13.0. The molecule has 130 valence electrons. The molecule has 2 aromatic carbocycles. The molecule has 7 nitrogen and oxygen atoms in total. The van der Waals surface area contributed by atoms with Crippen LogP contribution in [0.15, 0.2) is 48.9 Å². The van der Waals surface area contributed by atoms with Crippen LogP contribution in [0.5, 0.6) is 0 Å². The number of nitrogens with zero attached hydrogens (tertiary/aromatic N) is 5. The minimum Gasteiger partial charge on any atom is -0.350 e. The first-order valence-electron chi connectivity index (χ1n) is 8.25. The molecule has 2 aromatic heterocycles. The van der Waals surface area contributed by atoms with Gasteiger partial charge in [-0.3, -0.25) is 4.79 Å². The standard InChI is InChI=1S/C19H18N6O/c1-12-7-8-15(18(13(12)2)25-11-20-22-23-25)19(26)21-16-5-4-6-17-14(16)9-10-24(17)3/h4-11H,1-3H3,(H,21,26). The van der Waals surface area contributed by atoms with Gasteiger partial charge in [-0.1, -0.05) is 12.1 Å². The fourth-order valence-electron chi connectivity index (χ4n) is 3.14. The molecule has 0 unspecified atom stereocenters. The lowest BCUT2D eigenvalue weighted by Gasteiger charge is -2.14. The molecule has 0 aliphatic heterocycles. The van der Waals surface area contributed by atoms with Crippen LogP contribution in [0.1, 0.15) is 21.5 Å². The molecule has 26 heavy (non-hydrogen) atoms. The van der Waals surface area contributed by atoms with E-state index in [1.54, 1.807) is 6.07 Å². The molecule has 0 atom stereocenters. The first kappa shape index (κ1) is 16.0. The second kappa shape index (κ2) is 6.11. The minimum atomic E-state index is -0.199. The maximum Gasteiger partial charge on any atom is 0.257 e. The highest BCUT2D eigenvalue weighted by Gasteiger charge is 2.18. The summed E-state index contributed by atoms with van der Waals surface area (Å²) in [4.78, 5) is 13.0. The molecule has 0 bridgehead atoms. The Bertz CT molecular complexity index is 1110. The van der Waals surface area contributed by atoms with E-state index in [4.69, 9.17) is 0 Å². The average Bonchev–Trinajstić information content (AvgIpc) is 3.28. The molecular formula is C19H18N6O. The first-order valence-corrected chi connectivity index (χ1v) is 8.25. The quantitative estimate of drug-likeness (QED) is 0.618.